The van der Waals surface area contributed by atoms with E-state index < -0.39 is 0 Å². The zero-order valence-corrected chi connectivity index (χ0v) is 19.4. The summed E-state index contributed by atoms with van der Waals surface area (Å²) < 4.78 is 10.8. The molecule has 0 bridgehead atoms. The van der Waals surface area contributed by atoms with E-state index >= 15 is 0 Å². The summed E-state index contributed by atoms with van der Waals surface area (Å²) in [6.07, 6.45) is 18.7. The highest BCUT2D eigenvalue weighted by molar-refractivity contribution is 5.79. The number of aryl methyl sites for hydroxylation is 2. The summed E-state index contributed by atoms with van der Waals surface area (Å²) >= 11 is 0. The van der Waals surface area contributed by atoms with Gasteiger partial charge in [0.05, 0.1) is 17.5 Å². The largest absolute Gasteiger partial charge is 0.450 e. The molecule has 0 saturated heterocycles. The van der Waals surface area contributed by atoms with Crippen LogP contribution in [0.15, 0.2) is 21.3 Å². The number of fused-ring (bicyclic) bond motifs is 1. The first kappa shape index (κ1) is 24.4. The molecule has 0 radical (unpaired) electrons. The van der Waals surface area contributed by atoms with Gasteiger partial charge in [-0.15, -0.1) is 0 Å². The van der Waals surface area contributed by atoms with Gasteiger partial charge in [0.2, 0.25) is 0 Å². The molecule has 2 rings (SSSR count). The van der Waals surface area contributed by atoms with Crippen LogP contribution in [0.25, 0.3) is 10.9 Å². The lowest BCUT2D eigenvalue weighted by atomic mass is 10.0. The molecule has 30 heavy (non-hydrogen) atoms. The Hall–Kier alpha value is -1.84. The number of benzene rings is 1. The molecule has 0 aliphatic heterocycles. The van der Waals surface area contributed by atoms with E-state index in [4.69, 9.17) is 9.15 Å². The van der Waals surface area contributed by atoms with Crippen LogP contribution in [0.4, 0.5) is 0 Å². The Morgan fingerprint density at radius 1 is 0.767 bits per heavy atom. The maximum Gasteiger partial charge on any atom is 0.397 e. The normalized spacial score (nSPS) is 11.3. The fraction of sp³-hybridized carbons (Fsp3) is 0.692. The summed E-state index contributed by atoms with van der Waals surface area (Å²) in [6, 6.07) is 3.75. The predicted molar refractivity (Wildman–Crippen MR) is 126 cm³/mol. The predicted octanol–water partition coefficient (Wildman–Crippen LogP) is 7.66. The maximum atomic E-state index is 12.1. The van der Waals surface area contributed by atoms with Crippen molar-refractivity contribution in [2.75, 3.05) is 6.61 Å². The van der Waals surface area contributed by atoms with E-state index in [2.05, 4.69) is 11.9 Å². The van der Waals surface area contributed by atoms with Crippen molar-refractivity contribution >= 4 is 10.9 Å². The average molecular weight is 416 g/mol. The van der Waals surface area contributed by atoms with Gasteiger partial charge in [0.15, 0.2) is 0 Å². The monoisotopic (exact) mass is 415 g/mol. The molecular formula is C26H41NO3. The van der Waals surface area contributed by atoms with Crippen LogP contribution >= 0.6 is 0 Å². The van der Waals surface area contributed by atoms with E-state index in [-0.39, 0.29) is 11.7 Å². The summed E-state index contributed by atoms with van der Waals surface area (Å²) in [7, 11) is 0. The zero-order valence-electron chi connectivity index (χ0n) is 19.4. The summed E-state index contributed by atoms with van der Waals surface area (Å²) in [6.45, 7) is 6.81. The van der Waals surface area contributed by atoms with Crippen LogP contribution in [0.1, 0.15) is 108 Å². The number of unbranched alkanes of at least 4 members (excludes halogenated alkanes) is 13. The average Bonchev–Trinajstić information content (AvgIpc) is 2.72. The molecule has 1 aromatic heterocycles. The molecular weight excluding hydrogens is 374 g/mol. The van der Waals surface area contributed by atoms with Crippen molar-refractivity contribution in [3.05, 3.63) is 33.7 Å². The van der Waals surface area contributed by atoms with E-state index in [1.54, 1.807) is 0 Å². The smallest absolute Gasteiger partial charge is 0.397 e. The Balaban J connectivity index is 1.50. The first-order valence-corrected chi connectivity index (χ1v) is 12.2. The highest BCUT2D eigenvalue weighted by atomic mass is 16.6. The third kappa shape index (κ3) is 8.89. The quantitative estimate of drug-likeness (QED) is 0.264. The number of rotatable bonds is 16. The van der Waals surface area contributed by atoms with E-state index in [0.717, 1.165) is 24.0 Å². The van der Waals surface area contributed by atoms with Crippen LogP contribution in [0.5, 0.6) is 6.08 Å². The highest BCUT2D eigenvalue weighted by Gasteiger charge is 2.09. The minimum Gasteiger partial charge on any atom is -0.450 e. The molecule has 168 valence electrons. The van der Waals surface area contributed by atoms with Gasteiger partial charge in [-0.2, -0.15) is 4.98 Å². The first-order chi connectivity index (χ1) is 14.6. The second kappa shape index (κ2) is 14.2. The van der Waals surface area contributed by atoms with Crippen LogP contribution in [0.2, 0.25) is 0 Å². The molecule has 4 nitrogen and oxygen atoms in total. The van der Waals surface area contributed by atoms with Crippen molar-refractivity contribution in [1.82, 2.24) is 4.98 Å². The lowest BCUT2D eigenvalue weighted by Crippen LogP contribution is -2.07. The second-order valence-electron chi connectivity index (χ2n) is 8.67. The fourth-order valence-corrected chi connectivity index (χ4v) is 3.83. The summed E-state index contributed by atoms with van der Waals surface area (Å²) in [4.78, 5) is 16.5. The van der Waals surface area contributed by atoms with E-state index in [0.29, 0.717) is 17.5 Å². The molecule has 1 aromatic carbocycles. The third-order valence-corrected chi connectivity index (χ3v) is 5.95. The second-order valence-corrected chi connectivity index (χ2v) is 8.67. The molecule has 0 atom stereocenters. The van der Waals surface area contributed by atoms with Crippen molar-refractivity contribution < 1.29 is 9.15 Å². The van der Waals surface area contributed by atoms with E-state index in [1.807, 2.05) is 26.0 Å². The maximum absolute atomic E-state index is 12.1. The van der Waals surface area contributed by atoms with Gasteiger partial charge in [-0.05, 0) is 43.5 Å². The molecule has 0 saturated carbocycles. The van der Waals surface area contributed by atoms with Crippen LogP contribution < -0.4 is 10.4 Å². The van der Waals surface area contributed by atoms with Crippen LogP contribution in [0.3, 0.4) is 0 Å². The molecule has 0 aliphatic rings. The van der Waals surface area contributed by atoms with Gasteiger partial charge in [-0.1, -0.05) is 90.4 Å². The molecule has 0 fully saturated rings. The summed E-state index contributed by atoms with van der Waals surface area (Å²) in [5, 5.41) is 0.516. The molecule has 0 N–H and O–H groups in total. The van der Waals surface area contributed by atoms with E-state index in [1.165, 1.54) is 77.0 Å². The molecule has 1 heterocycles. The molecule has 4 heteroatoms. The number of aromatic nitrogens is 1. The molecule has 2 aromatic rings. The Morgan fingerprint density at radius 3 is 1.83 bits per heavy atom. The third-order valence-electron chi connectivity index (χ3n) is 5.95. The van der Waals surface area contributed by atoms with Crippen molar-refractivity contribution in [3.8, 4) is 6.08 Å². The number of nitrogens with zero attached hydrogens (tertiary/aromatic N) is 1. The van der Waals surface area contributed by atoms with Gasteiger partial charge in [-0.25, -0.2) is 4.79 Å². The van der Waals surface area contributed by atoms with Crippen LogP contribution in [-0.4, -0.2) is 11.6 Å². The number of hydrogen-bond donors (Lipinski definition) is 0. The zero-order chi connectivity index (χ0) is 21.6. The van der Waals surface area contributed by atoms with E-state index in [9.17, 15) is 4.79 Å². The SMILES string of the molecule is CCCCCCCCCCCCCCCCOc1nc2cc(C)c(C)cc2c(=O)o1. The van der Waals surface area contributed by atoms with Gasteiger partial charge in [0.25, 0.3) is 0 Å². The van der Waals surface area contributed by atoms with Gasteiger partial charge in [-0.3, -0.25) is 0 Å². The van der Waals surface area contributed by atoms with Gasteiger partial charge in [0, 0.05) is 0 Å². The molecule has 0 aliphatic carbocycles. The topological polar surface area (TPSA) is 52.3 Å². The number of hydrogen-bond acceptors (Lipinski definition) is 4. The lowest BCUT2D eigenvalue weighted by molar-refractivity contribution is 0.211. The van der Waals surface area contributed by atoms with Crippen molar-refractivity contribution in [3.63, 3.8) is 0 Å². The summed E-state index contributed by atoms with van der Waals surface area (Å²) in [5.74, 6) is 0. The van der Waals surface area contributed by atoms with Gasteiger partial charge in [0.1, 0.15) is 0 Å². The van der Waals surface area contributed by atoms with Crippen LogP contribution in [-0.2, 0) is 0 Å². The minimum atomic E-state index is -0.376. The Labute approximate surface area is 182 Å². The Morgan fingerprint density at radius 2 is 1.27 bits per heavy atom. The highest BCUT2D eigenvalue weighted by Crippen LogP contribution is 2.18. The Kier molecular flexibility index (Phi) is 11.6. The van der Waals surface area contributed by atoms with Gasteiger partial charge < -0.3 is 9.15 Å². The standard InChI is InChI=1S/C26H41NO3/c1-4-5-6-7-8-9-10-11-12-13-14-15-16-17-18-29-26-27-24-20-22(3)21(2)19-23(24)25(28)30-26/h19-20H,4-18H2,1-3H3. The summed E-state index contributed by atoms with van der Waals surface area (Å²) in [5.41, 5.74) is 2.44. The minimum absolute atomic E-state index is 0.0884. The first-order valence-electron chi connectivity index (χ1n) is 12.2. The molecule has 0 spiro atoms. The Bertz CT molecular complexity index is 797. The molecule has 0 amide bonds. The fourth-order valence-electron chi connectivity index (χ4n) is 3.83. The molecule has 0 unspecified atom stereocenters. The number of ether oxygens (including phenoxy) is 1. The van der Waals surface area contributed by atoms with Gasteiger partial charge >= 0.3 is 11.7 Å². The lowest BCUT2D eigenvalue weighted by Gasteiger charge is -2.06. The van der Waals surface area contributed by atoms with Crippen molar-refractivity contribution in [2.45, 2.75) is 111 Å². The van der Waals surface area contributed by atoms with Crippen LogP contribution in [0, 0.1) is 13.8 Å². The van der Waals surface area contributed by atoms with Crippen molar-refractivity contribution in [2.24, 2.45) is 0 Å². The van der Waals surface area contributed by atoms with Crippen molar-refractivity contribution in [1.29, 1.82) is 0 Å².